The van der Waals surface area contributed by atoms with Crippen LogP contribution >= 0.6 is 0 Å². The van der Waals surface area contributed by atoms with Crippen LogP contribution in [0.15, 0.2) is 36.7 Å². The number of nitrogens with one attached hydrogen (secondary N) is 1. The van der Waals surface area contributed by atoms with Crippen LogP contribution in [-0.4, -0.2) is 35.9 Å². The van der Waals surface area contributed by atoms with Crippen LogP contribution in [0.2, 0.25) is 0 Å². The molecule has 3 rings (SSSR count). The number of anilines is 1. The number of carbonyl (C=O) groups excluding carboxylic acids is 1. The molecule has 0 fully saturated rings. The van der Waals surface area contributed by atoms with Gasteiger partial charge in [-0.05, 0) is 35.5 Å². The Morgan fingerprint density at radius 3 is 3.00 bits per heavy atom. The van der Waals surface area contributed by atoms with Crippen molar-refractivity contribution in [2.45, 2.75) is 20.1 Å². The molecular formula is C15H17N7O2. The molecule has 1 aromatic carbocycles. The molecule has 0 bridgehead atoms. The molecule has 0 aliphatic carbocycles. The minimum absolute atomic E-state index is 0.230. The average molecular weight is 327 g/mol. The number of ether oxygens (including phenoxy) is 1. The van der Waals surface area contributed by atoms with E-state index in [1.165, 1.54) is 0 Å². The van der Waals surface area contributed by atoms with E-state index in [1.54, 1.807) is 53.1 Å². The minimum Gasteiger partial charge on any atom is -0.486 e. The number of nitrogens with zero attached hydrogens (tertiary/aromatic N) is 6. The number of hydrogen-bond donors (Lipinski definition) is 1. The smallest absolute Gasteiger partial charge is 0.255 e. The first kappa shape index (κ1) is 15.7. The minimum atomic E-state index is -0.230. The van der Waals surface area contributed by atoms with E-state index in [0.717, 1.165) is 0 Å². The topological polar surface area (TPSA) is 99.8 Å². The lowest BCUT2D eigenvalue weighted by Gasteiger charge is -2.08. The van der Waals surface area contributed by atoms with Crippen molar-refractivity contribution >= 4 is 11.6 Å². The second-order valence-corrected chi connectivity index (χ2v) is 5.08. The first-order chi connectivity index (χ1) is 11.7. The maximum absolute atomic E-state index is 12.3. The van der Waals surface area contributed by atoms with Gasteiger partial charge in [0.25, 0.3) is 5.91 Å². The summed E-state index contributed by atoms with van der Waals surface area (Å²) in [4.78, 5) is 12.3. The SMILES string of the molecule is CCn1nnnc1COc1cccc(C(=O)Nc2cnn(C)c2)c1. The van der Waals surface area contributed by atoms with Crippen LogP contribution in [0.5, 0.6) is 5.75 Å². The van der Waals surface area contributed by atoms with Crippen molar-refractivity contribution in [1.29, 1.82) is 0 Å². The summed E-state index contributed by atoms with van der Waals surface area (Å²) in [6, 6.07) is 6.93. The second kappa shape index (κ2) is 6.90. The number of benzene rings is 1. The fourth-order valence-electron chi connectivity index (χ4n) is 2.14. The number of carbonyl (C=O) groups is 1. The average Bonchev–Trinajstić information content (AvgIpc) is 3.21. The van der Waals surface area contributed by atoms with E-state index in [4.69, 9.17) is 4.74 Å². The van der Waals surface area contributed by atoms with Crippen LogP contribution in [0, 0.1) is 0 Å². The largest absolute Gasteiger partial charge is 0.486 e. The van der Waals surface area contributed by atoms with Crippen molar-refractivity contribution in [3.05, 3.63) is 48.0 Å². The van der Waals surface area contributed by atoms with E-state index in [0.29, 0.717) is 29.4 Å². The molecule has 24 heavy (non-hydrogen) atoms. The summed E-state index contributed by atoms with van der Waals surface area (Å²) in [5, 5.41) is 18.2. The zero-order chi connectivity index (χ0) is 16.9. The summed E-state index contributed by atoms with van der Waals surface area (Å²) in [6.45, 7) is 2.84. The number of rotatable bonds is 6. The van der Waals surface area contributed by atoms with Gasteiger partial charge in [0, 0.05) is 25.4 Å². The summed E-state index contributed by atoms with van der Waals surface area (Å²) in [5.74, 6) is 0.967. The molecule has 0 saturated carbocycles. The molecule has 1 amide bonds. The molecule has 1 N–H and O–H groups in total. The summed E-state index contributed by atoms with van der Waals surface area (Å²) < 4.78 is 8.95. The lowest BCUT2D eigenvalue weighted by Crippen LogP contribution is -2.12. The monoisotopic (exact) mass is 327 g/mol. The van der Waals surface area contributed by atoms with E-state index in [-0.39, 0.29) is 12.5 Å². The first-order valence-corrected chi connectivity index (χ1v) is 7.43. The van der Waals surface area contributed by atoms with Gasteiger partial charge in [-0.3, -0.25) is 9.48 Å². The molecule has 2 heterocycles. The van der Waals surface area contributed by atoms with Crippen molar-refractivity contribution in [3.8, 4) is 5.75 Å². The highest BCUT2D eigenvalue weighted by Gasteiger charge is 2.10. The number of aryl methyl sites for hydroxylation is 2. The van der Waals surface area contributed by atoms with E-state index >= 15 is 0 Å². The fraction of sp³-hybridized carbons (Fsp3) is 0.267. The van der Waals surface area contributed by atoms with Gasteiger partial charge in [-0.2, -0.15) is 5.10 Å². The van der Waals surface area contributed by atoms with E-state index in [1.807, 2.05) is 6.92 Å². The first-order valence-electron chi connectivity index (χ1n) is 7.43. The highest BCUT2D eigenvalue weighted by Crippen LogP contribution is 2.16. The molecule has 0 unspecified atom stereocenters. The van der Waals surface area contributed by atoms with Crippen LogP contribution < -0.4 is 10.1 Å². The second-order valence-electron chi connectivity index (χ2n) is 5.08. The van der Waals surface area contributed by atoms with Crippen LogP contribution in [-0.2, 0) is 20.2 Å². The molecular weight excluding hydrogens is 310 g/mol. The van der Waals surface area contributed by atoms with E-state index < -0.39 is 0 Å². The molecule has 0 saturated heterocycles. The van der Waals surface area contributed by atoms with Crippen LogP contribution in [0.1, 0.15) is 23.1 Å². The Morgan fingerprint density at radius 2 is 2.25 bits per heavy atom. The highest BCUT2D eigenvalue weighted by molar-refractivity contribution is 6.04. The Labute approximate surface area is 138 Å². The Hall–Kier alpha value is -3.23. The predicted octanol–water partition coefficient (Wildman–Crippen LogP) is 1.26. The zero-order valence-electron chi connectivity index (χ0n) is 13.4. The summed E-state index contributed by atoms with van der Waals surface area (Å²) in [6.07, 6.45) is 3.31. The van der Waals surface area contributed by atoms with Gasteiger partial charge in [0.15, 0.2) is 5.82 Å². The molecule has 0 atom stereocenters. The standard InChI is InChI=1S/C15H17N7O2/c1-3-22-14(18-19-20-22)10-24-13-6-4-5-11(7-13)15(23)17-12-8-16-21(2)9-12/h4-9H,3,10H2,1-2H3,(H,17,23). The van der Waals surface area contributed by atoms with Crippen molar-refractivity contribution in [3.63, 3.8) is 0 Å². The molecule has 124 valence electrons. The lowest BCUT2D eigenvalue weighted by molar-refractivity contribution is 0.102. The van der Waals surface area contributed by atoms with E-state index in [9.17, 15) is 4.79 Å². The van der Waals surface area contributed by atoms with Gasteiger partial charge in [-0.15, -0.1) is 5.10 Å². The maximum atomic E-state index is 12.3. The molecule has 0 aliphatic heterocycles. The van der Waals surface area contributed by atoms with Gasteiger partial charge in [-0.1, -0.05) is 6.07 Å². The molecule has 0 radical (unpaired) electrons. The van der Waals surface area contributed by atoms with Gasteiger partial charge < -0.3 is 10.1 Å². The van der Waals surface area contributed by atoms with Crippen LogP contribution in [0.3, 0.4) is 0 Å². The normalized spacial score (nSPS) is 10.6. The van der Waals surface area contributed by atoms with Crippen LogP contribution in [0.4, 0.5) is 5.69 Å². The Morgan fingerprint density at radius 1 is 1.38 bits per heavy atom. The maximum Gasteiger partial charge on any atom is 0.255 e. The van der Waals surface area contributed by atoms with Crippen LogP contribution in [0.25, 0.3) is 0 Å². The molecule has 0 aliphatic rings. The Bertz CT molecular complexity index is 840. The van der Waals surface area contributed by atoms with Crippen molar-refractivity contribution in [2.75, 3.05) is 5.32 Å². The summed E-state index contributed by atoms with van der Waals surface area (Å²) in [7, 11) is 1.79. The van der Waals surface area contributed by atoms with Gasteiger partial charge >= 0.3 is 0 Å². The molecule has 3 aromatic rings. The summed E-state index contributed by atoms with van der Waals surface area (Å²) in [5.41, 5.74) is 1.13. The van der Waals surface area contributed by atoms with Crippen molar-refractivity contribution < 1.29 is 9.53 Å². The van der Waals surface area contributed by atoms with Gasteiger partial charge in [-0.25, -0.2) is 4.68 Å². The number of hydrogen-bond acceptors (Lipinski definition) is 6. The van der Waals surface area contributed by atoms with Crippen molar-refractivity contribution in [2.24, 2.45) is 7.05 Å². The van der Waals surface area contributed by atoms with E-state index in [2.05, 4.69) is 25.9 Å². The third-order valence-corrected chi connectivity index (χ3v) is 3.33. The quantitative estimate of drug-likeness (QED) is 0.731. The molecule has 9 heteroatoms. The number of tetrazole rings is 1. The fourth-order valence-corrected chi connectivity index (χ4v) is 2.14. The lowest BCUT2D eigenvalue weighted by atomic mass is 10.2. The zero-order valence-corrected chi connectivity index (χ0v) is 13.4. The van der Waals surface area contributed by atoms with Gasteiger partial charge in [0.05, 0.1) is 11.9 Å². The number of amides is 1. The Kier molecular flexibility index (Phi) is 4.50. The third kappa shape index (κ3) is 3.57. The van der Waals surface area contributed by atoms with Crippen molar-refractivity contribution in [1.82, 2.24) is 30.0 Å². The Balaban J connectivity index is 1.66. The summed E-state index contributed by atoms with van der Waals surface area (Å²) >= 11 is 0. The molecule has 0 spiro atoms. The highest BCUT2D eigenvalue weighted by atomic mass is 16.5. The molecule has 9 nitrogen and oxygen atoms in total. The third-order valence-electron chi connectivity index (χ3n) is 3.33. The predicted molar refractivity (Wildman–Crippen MR) is 85.4 cm³/mol. The number of aromatic nitrogens is 6. The van der Waals surface area contributed by atoms with Gasteiger partial charge in [0.1, 0.15) is 12.4 Å². The molecule has 2 aromatic heterocycles. The van der Waals surface area contributed by atoms with Gasteiger partial charge in [0.2, 0.25) is 0 Å².